The molecule has 0 radical (unpaired) electrons. The Bertz CT molecular complexity index is 451. The molecule has 0 saturated heterocycles. The second-order valence-corrected chi connectivity index (χ2v) is 3.56. The van der Waals surface area contributed by atoms with Gasteiger partial charge in [-0.3, -0.25) is 0 Å². The first-order valence-corrected chi connectivity index (χ1v) is 5.04. The van der Waals surface area contributed by atoms with E-state index in [0.717, 1.165) is 17.3 Å². The number of ether oxygens (including phenoxy) is 2. The van der Waals surface area contributed by atoms with Gasteiger partial charge in [-0.1, -0.05) is 0 Å². The van der Waals surface area contributed by atoms with Gasteiger partial charge in [0, 0.05) is 11.8 Å². The zero-order valence-corrected chi connectivity index (χ0v) is 10.3. The highest BCUT2D eigenvalue weighted by Crippen LogP contribution is 2.18. The van der Waals surface area contributed by atoms with Crippen LogP contribution in [0.2, 0.25) is 0 Å². The van der Waals surface area contributed by atoms with Crippen LogP contribution in [0, 0.1) is 13.8 Å². The zero-order valence-electron chi connectivity index (χ0n) is 10.3. The summed E-state index contributed by atoms with van der Waals surface area (Å²) in [6, 6.07) is 1.78. The first-order valence-electron chi connectivity index (χ1n) is 5.04. The molecule has 1 rings (SSSR count). The summed E-state index contributed by atoms with van der Waals surface area (Å²) in [5.74, 6) is -1.19. The first kappa shape index (κ1) is 13.0. The molecule has 0 saturated carbocycles. The van der Waals surface area contributed by atoms with Crippen molar-refractivity contribution in [2.75, 3.05) is 14.2 Å². The maximum Gasteiger partial charge on any atom is 0.340 e. The molecule has 0 aliphatic carbocycles. The molecule has 1 N–H and O–H groups in total. The molecule has 0 atom stereocenters. The minimum absolute atomic E-state index is 0.149. The molecule has 1 aromatic rings. The van der Waals surface area contributed by atoms with Crippen molar-refractivity contribution in [3.8, 4) is 0 Å². The molecular formula is C12H15NO4. The normalized spacial score (nSPS) is 11.2. The maximum atomic E-state index is 11.6. The second kappa shape index (κ2) is 5.34. The van der Waals surface area contributed by atoms with E-state index in [4.69, 9.17) is 0 Å². The highest BCUT2D eigenvalue weighted by molar-refractivity contribution is 6.20. The fourth-order valence-corrected chi connectivity index (χ4v) is 1.34. The number of H-pyrrole nitrogens is 1. The number of aryl methyl sites for hydroxylation is 2. The van der Waals surface area contributed by atoms with E-state index in [0.29, 0.717) is 5.69 Å². The van der Waals surface area contributed by atoms with Crippen molar-refractivity contribution in [3.63, 3.8) is 0 Å². The Kier molecular flexibility index (Phi) is 4.09. The smallest absolute Gasteiger partial charge is 0.340 e. The third-order valence-electron chi connectivity index (χ3n) is 2.43. The number of methoxy groups -OCH3 is 2. The first-order chi connectivity index (χ1) is 7.99. The van der Waals surface area contributed by atoms with E-state index in [1.807, 2.05) is 13.8 Å². The topological polar surface area (TPSA) is 68.4 Å². The van der Waals surface area contributed by atoms with Crippen LogP contribution in [0.15, 0.2) is 12.1 Å². The highest BCUT2D eigenvalue weighted by atomic mass is 16.5. The SMILES string of the molecule is COC(=O)/C=C(/C(=O)OC)c1cc(C)c(C)[nH]1. The number of nitrogens with one attached hydrogen (secondary N) is 1. The van der Waals surface area contributed by atoms with Gasteiger partial charge >= 0.3 is 11.9 Å². The molecule has 0 amide bonds. The number of hydrogen-bond acceptors (Lipinski definition) is 4. The molecule has 17 heavy (non-hydrogen) atoms. The summed E-state index contributed by atoms with van der Waals surface area (Å²) >= 11 is 0. The van der Waals surface area contributed by atoms with Crippen molar-refractivity contribution in [1.82, 2.24) is 4.98 Å². The van der Waals surface area contributed by atoms with Crippen LogP contribution in [0.3, 0.4) is 0 Å². The van der Waals surface area contributed by atoms with Gasteiger partial charge in [-0.25, -0.2) is 9.59 Å². The number of rotatable bonds is 3. The van der Waals surface area contributed by atoms with Crippen molar-refractivity contribution in [1.29, 1.82) is 0 Å². The van der Waals surface area contributed by atoms with E-state index >= 15 is 0 Å². The Morgan fingerprint density at radius 2 is 1.88 bits per heavy atom. The van der Waals surface area contributed by atoms with Crippen molar-refractivity contribution < 1.29 is 19.1 Å². The minimum atomic E-state index is -0.602. The number of carbonyl (C=O) groups excluding carboxylic acids is 2. The molecular weight excluding hydrogens is 222 g/mol. The van der Waals surface area contributed by atoms with E-state index in [9.17, 15) is 9.59 Å². The Labute approximate surface area is 99.4 Å². The third-order valence-corrected chi connectivity index (χ3v) is 2.43. The van der Waals surface area contributed by atoms with E-state index in [1.54, 1.807) is 6.07 Å². The fourth-order valence-electron chi connectivity index (χ4n) is 1.34. The Morgan fingerprint density at radius 3 is 2.29 bits per heavy atom. The fraction of sp³-hybridized carbons (Fsp3) is 0.333. The van der Waals surface area contributed by atoms with E-state index in [1.165, 1.54) is 14.2 Å². The lowest BCUT2D eigenvalue weighted by molar-refractivity contribution is -0.136. The number of aromatic amines is 1. The summed E-state index contributed by atoms with van der Waals surface area (Å²) in [7, 11) is 2.51. The van der Waals surface area contributed by atoms with Crippen LogP contribution in [0.4, 0.5) is 0 Å². The molecule has 0 aliphatic rings. The second-order valence-electron chi connectivity index (χ2n) is 3.56. The van der Waals surface area contributed by atoms with Gasteiger partial charge < -0.3 is 14.5 Å². The van der Waals surface area contributed by atoms with Crippen LogP contribution in [-0.2, 0) is 19.1 Å². The zero-order chi connectivity index (χ0) is 13.0. The van der Waals surface area contributed by atoms with Gasteiger partial charge in [0.2, 0.25) is 0 Å². The molecule has 0 spiro atoms. The van der Waals surface area contributed by atoms with Gasteiger partial charge in [-0.05, 0) is 25.5 Å². The molecule has 0 aliphatic heterocycles. The van der Waals surface area contributed by atoms with Crippen LogP contribution < -0.4 is 0 Å². The number of hydrogen-bond donors (Lipinski definition) is 1. The largest absolute Gasteiger partial charge is 0.466 e. The molecule has 1 heterocycles. The summed E-state index contributed by atoms with van der Waals surface area (Å²) in [5.41, 5.74) is 2.62. The van der Waals surface area contributed by atoms with Crippen molar-refractivity contribution in [3.05, 3.63) is 29.1 Å². The molecule has 5 heteroatoms. The van der Waals surface area contributed by atoms with Gasteiger partial charge in [0.05, 0.1) is 25.5 Å². The summed E-state index contributed by atoms with van der Waals surface area (Å²) in [6.07, 6.45) is 1.11. The van der Waals surface area contributed by atoms with Gasteiger partial charge in [-0.2, -0.15) is 0 Å². The number of carbonyl (C=O) groups is 2. The standard InChI is InChI=1S/C12H15NO4/c1-7-5-10(13-8(7)2)9(12(15)17-4)6-11(14)16-3/h5-6,13H,1-4H3/b9-6+. The predicted octanol–water partition coefficient (Wildman–Crippen LogP) is 1.36. The molecule has 1 aromatic heterocycles. The average molecular weight is 237 g/mol. The Balaban J connectivity index is 3.19. The van der Waals surface area contributed by atoms with Gasteiger partial charge in [-0.15, -0.1) is 0 Å². The van der Waals surface area contributed by atoms with Crippen molar-refractivity contribution in [2.24, 2.45) is 0 Å². The van der Waals surface area contributed by atoms with E-state index in [2.05, 4.69) is 14.5 Å². The summed E-state index contributed by atoms with van der Waals surface area (Å²) in [4.78, 5) is 25.8. The van der Waals surface area contributed by atoms with Crippen LogP contribution in [0.1, 0.15) is 17.0 Å². The summed E-state index contributed by atoms with van der Waals surface area (Å²) in [6.45, 7) is 3.79. The predicted molar refractivity (Wildman–Crippen MR) is 62.3 cm³/mol. The lowest BCUT2D eigenvalue weighted by Crippen LogP contribution is -2.07. The molecule has 0 bridgehead atoms. The van der Waals surface area contributed by atoms with Crippen molar-refractivity contribution in [2.45, 2.75) is 13.8 Å². The van der Waals surface area contributed by atoms with Crippen LogP contribution in [-0.4, -0.2) is 31.1 Å². The summed E-state index contributed by atoms with van der Waals surface area (Å²) < 4.78 is 9.12. The van der Waals surface area contributed by atoms with Crippen LogP contribution >= 0.6 is 0 Å². The van der Waals surface area contributed by atoms with E-state index < -0.39 is 11.9 Å². The number of aromatic nitrogens is 1. The Hall–Kier alpha value is -2.04. The van der Waals surface area contributed by atoms with Gasteiger partial charge in [0.15, 0.2) is 0 Å². The molecule has 0 unspecified atom stereocenters. The minimum Gasteiger partial charge on any atom is -0.466 e. The molecule has 92 valence electrons. The summed E-state index contributed by atoms with van der Waals surface area (Å²) in [5, 5.41) is 0. The number of esters is 2. The average Bonchev–Trinajstić information content (AvgIpc) is 2.65. The van der Waals surface area contributed by atoms with E-state index in [-0.39, 0.29) is 5.57 Å². The monoisotopic (exact) mass is 237 g/mol. The molecule has 0 fully saturated rings. The van der Waals surface area contributed by atoms with Gasteiger partial charge in [0.1, 0.15) is 0 Å². The highest BCUT2D eigenvalue weighted by Gasteiger charge is 2.17. The van der Waals surface area contributed by atoms with Crippen LogP contribution in [0.5, 0.6) is 0 Å². The third kappa shape index (κ3) is 2.96. The molecule has 0 aromatic carbocycles. The quantitative estimate of drug-likeness (QED) is 0.636. The lowest BCUT2D eigenvalue weighted by atomic mass is 10.1. The Morgan fingerprint density at radius 1 is 1.24 bits per heavy atom. The van der Waals surface area contributed by atoms with Crippen molar-refractivity contribution >= 4 is 17.5 Å². The maximum absolute atomic E-state index is 11.6. The lowest BCUT2D eigenvalue weighted by Gasteiger charge is -2.02. The molecule has 5 nitrogen and oxygen atoms in total. The van der Waals surface area contributed by atoms with Gasteiger partial charge in [0.25, 0.3) is 0 Å². The van der Waals surface area contributed by atoms with Crippen LogP contribution in [0.25, 0.3) is 5.57 Å².